The van der Waals surface area contributed by atoms with Gasteiger partial charge < -0.3 is 4.90 Å². The highest BCUT2D eigenvalue weighted by atomic mass is 16.2. The molecule has 0 saturated carbocycles. The van der Waals surface area contributed by atoms with Gasteiger partial charge in [0.05, 0.1) is 12.0 Å². The number of hydrogen-bond acceptors (Lipinski definition) is 2. The molecule has 0 aromatic carbocycles. The van der Waals surface area contributed by atoms with Gasteiger partial charge in [-0.05, 0) is 18.8 Å². The molecule has 1 atom stereocenters. The quantitative estimate of drug-likeness (QED) is 0.685. The van der Waals surface area contributed by atoms with E-state index in [2.05, 4.69) is 19.9 Å². The number of hydrogen-bond donors (Lipinski definition) is 0. The summed E-state index contributed by atoms with van der Waals surface area (Å²) in [5, 5.41) is 8.69. The van der Waals surface area contributed by atoms with Gasteiger partial charge in [0.15, 0.2) is 0 Å². The molecule has 1 amide bonds. The minimum atomic E-state index is -0.0680. The Bertz CT molecular complexity index is 242. The van der Waals surface area contributed by atoms with E-state index in [4.69, 9.17) is 5.26 Å². The van der Waals surface area contributed by atoms with Crippen LogP contribution < -0.4 is 0 Å². The van der Waals surface area contributed by atoms with Crippen molar-refractivity contribution in [2.75, 3.05) is 13.1 Å². The molecule has 1 heterocycles. The lowest BCUT2D eigenvalue weighted by molar-refractivity contribution is -0.127. The molecule has 3 heteroatoms. The molecule has 3 nitrogen and oxygen atoms in total. The van der Waals surface area contributed by atoms with Crippen LogP contribution in [-0.2, 0) is 4.79 Å². The smallest absolute Gasteiger partial charge is 0.224 e. The molecule has 0 radical (unpaired) electrons. The van der Waals surface area contributed by atoms with Crippen molar-refractivity contribution >= 4 is 5.91 Å². The molecule has 14 heavy (non-hydrogen) atoms. The third-order valence-electron chi connectivity index (χ3n) is 2.61. The van der Waals surface area contributed by atoms with Crippen molar-refractivity contribution < 1.29 is 4.79 Å². The summed E-state index contributed by atoms with van der Waals surface area (Å²) in [5.41, 5.74) is 0. The first kappa shape index (κ1) is 11.0. The number of rotatable bonds is 4. The Balaban J connectivity index is 2.26. The Morgan fingerprint density at radius 3 is 2.86 bits per heavy atom. The zero-order valence-corrected chi connectivity index (χ0v) is 8.99. The Hall–Kier alpha value is -1.04. The SMILES string of the molecule is CC(C)CCCN1CC(C#N)CC1=O. The van der Waals surface area contributed by atoms with Crippen molar-refractivity contribution in [3.05, 3.63) is 0 Å². The number of amides is 1. The summed E-state index contributed by atoms with van der Waals surface area (Å²) < 4.78 is 0. The molecule has 1 aliphatic rings. The molecule has 1 aliphatic heterocycles. The van der Waals surface area contributed by atoms with Crippen LogP contribution in [0.4, 0.5) is 0 Å². The van der Waals surface area contributed by atoms with E-state index >= 15 is 0 Å². The first-order valence-corrected chi connectivity index (χ1v) is 5.31. The van der Waals surface area contributed by atoms with Crippen molar-refractivity contribution in [3.63, 3.8) is 0 Å². The first-order valence-electron chi connectivity index (χ1n) is 5.31. The Morgan fingerprint density at radius 2 is 2.36 bits per heavy atom. The normalized spacial score (nSPS) is 21.7. The van der Waals surface area contributed by atoms with Crippen molar-refractivity contribution in [2.45, 2.75) is 33.1 Å². The van der Waals surface area contributed by atoms with Crippen LogP contribution in [0.15, 0.2) is 0 Å². The third-order valence-corrected chi connectivity index (χ3v) is 2.61. The number of nitrogens with zero attached hydrogens (tertiary/aromatic N) is 2. The highest BCUT2D eigenvalue weighted by Crippen LogP contribution is 2.17. The zero-order chi connectivity index (χ0) is 10.6. The molecule has 1 unspecified atom stereocenters. The lowest BCUT2D eigenvalue weighted by Crippen LogP contribution is -2.26. The second kappa shape index (κ2) is 4.99. The van der Waals surface area contributed by atoms with Gasteiger partial charge in [-0.15, -0.1) is 0 Å². The predicted molar refractivity (Wildman–Crippen MR) is 54.4 cm³/mol. The van der Waals surface area contributed by atoms with Gasteiger partial charge in [-0.3, -0.25) is 4.79 Å². The van der Waals surface area contributed by atoms with Crippen LogP contribution in [-0.4, -0.2) is 23.9 Å². The Morgan fingerprint density at radius 1 is 1.64 bits per heavy atom. The van der Waals surface area contributed by atoms with Crippen LogP contribution >= 0.6 is 0 Å². The largest absolute Gasteiger partial charge is 0.341 e. The predicted octanol–water partition coefficient (Wildman–Crippen LogP) is 1.79. The number of likely N-dealkylation sites (tertiary alicyclic amines) is 1. The lowest BCUT2D eigenvalue weighted by atomic mass is 10.1. The fourth-order valence-corrected chi connectivity index (χ4v) is 1.77. The molecule has 0 spiro atoms. The van der Waals surface area contributed by atoms with E-state index < -0.39 is 0 Å². The van der Waals surface area contributed by atoms with Crippen molar-refractivity contribution in [1.82, 2.24) is 4.90 Å². The summed E-state index contributed by atoms with van der Waals surface area (Å²) >= 11 is 0. The van der Waals surface area contributed by atoms with E-state index in [0.717, 1.165) is 19.4 Å². The average Bonchev–Trinajstić information content (AvgIpc) is 2.47. The van der Waals surface area contributed by atoms with Crippen molar-refractivity contribution in [2.24, 2.45) is 11.8 Å². The molecule has 78 valence electrons. The van der Waals surface area contributed by atoms with E-state index in [0.29, 0.717) is 18.9 Å². The fourth-order valence-electron chi connectivity index (χ4n) is 1.77. The maximum Gasteiger partial charge on any atom is 0.224 e. The van der Waals surface area contributed by atoms with E-state index in [1.165, 1.54) is 0 Å². The van der Waals surface area contributed by atoms with Crippen LogP contribution in [0.1, 0.15) is 33.1 Å². The topological polar surface area (TPSA) is 44.1 Å². The first-order chi connectivity index (χ1) is 6.63. The summed E-state index contributed by atoms with van der Waals surface area (Å²) in [5.74, 6) is 0.779. The third kappa shape index (κ3) is 3.02. The highest BCUT2D eigenvalue weighted by molar-refractivity contribution is 5.79. The molecule has 0 aliphatic carbocycles. The van der Waals surface area contributed by atoms with Gasteiger partial charge in [-0.25, -0.2) is 0 Å². The van der Waals surface area contributed by atoms with Gasteiger partial charge >= 0.3 is 0 Å². The van der Waals surface area contributed by atoms with E-state index in [9.17, 15) is 4.79 Å². The number of nitriles is 1. The second-order valence-corrected chi connectivity index (χ2v) is 4.41. The van der Waals surface area contributed by atoms with Crippen LogP contribution in [0.25, 0.3) is 0 Å². The number of carbonyl (C=O) groups excluding carboxylic acids is 1. The van der Waals surface area contributed by atoms with E-state index in [1.54, 1.807) is 0 Å². The minimum Gasteiger partial charge on any atom is -0.341 e. The standard InChI is InChI=1S/C11H18N2O/c1-9(2)4-3-5-13-8-10(7-12)6-11(13)14/h9-10H,3-6,8H2,1-2H3. The summed E-state index contributed by atoms with van der Waals surface area (Å²) in [7, 11) is 0. The Labute approximate surface area is 85.7 Å². The summed E-state index contributed by atoms with van der Waals surface area (Å²) in [6, 6.07) is 2.16. The lowest BCUT2D eigenvalue weighted by Gasteiger charge is -2.15. The van der Waals surface area contributed by atoms with Gasteiger partial charge in [-0.2, -0.15) is 5.26 Å². The van der Waals surface area contributed by atoms with Crippen molar-refractivity contribution in [1.29, 1.82) is 5.26 Å². The summed E-state index contributed by atoms with van der Waals surface area (Å²) in [4.78, 5) is 13.2. The van der Waals surface area contributed by atoms with Crippen LogP contribution in [0.5, 0.6) is 0 Å². The number of carbonyl (C=O) groups is 1. The highest BCUT2D eigenvalue weighted by Gasteiger charge is 2.28. The second-order valence-electron chi connectivity index (χ2n) is 4.41. The molecule has 1 rings (SSSR count). The molecule has 0 aromatic heterocycles. The zero-order valence-electron chi connectivity index (χ0n) is 8.99. The van der Waals surface area contributed by atoms with Gasteiger partial charge in [0.25, 0.3) is 0 Å². The van der Waals surface area contributed by atoms with Crippen LogP contribution in [0, 0.1) is 23.2 Å². The van der Waals surface area contributed by atoms with E-state index in [1.807, 2.05) is 4.90 Å². The fraction of sp³-hybridized carbons (Fsp3) is 0.818. The van der Waals surface area contributed by atoms with Crippen LogP contribution in [0.2, 0.25) is 0 Å². The molecular weight excluding hydrogens is 176 g/mol. The molecular formula is C11H18N2O. The van der Waals surface area contributed by atoms with Crippen molar-refractivity contribution in [3.8, 4) is 6.07 Å². The minimum absolute atomic E-state index is 0.0680. The Kier molecular flexibility index (Phi) is 3.94. The average molecular weight is 194 g/mol. The molecule has 1 saturated heterocycles. The molecule has 1 fully saturated rings. The van der Waals surface area contributed by atoms with Gasteiger partial charge in [0.1, 0.15) is 0 Å². The van der Waals surface area contributed by atoms with Crippen LogP contribution in [0.3, 0.4) is 0 Å². The van der Waals surface area contributed by atoms with Gasteiger partial charge in [-0.1, -0.05) is 13.8 Å². The molecule has 0 bridgehead atoms. The monoisotopic (exact) mass is 194 g/mol. The van der Waals surface area contributed by atoms with E-state index in [-0.39, 0.29) is 11.8 Å². The molecule has 0 N–H and O–H groups in total. The van der Waals surface area contributed by atoms with Gasteiger partial charge in [0.2, 0.25) is 5.91 Å². The van der Waals surface area contributed by atoms with Gasteiger partial charge in [0, 0.05) is 19.5 Å². The maximum absolute atomic E-state index is 11.4. The summed E-state index contributed by atoms with van der Waals surface area (Å²) in [6.45, 7) is 5.84. The maximum atomic E-state index is 11.4. The summed E-state index contributed by atoms with van der Waals surface area (Å²) in [6.07, 6.45) is 2.64. The molecule has 0 aromatic rings.